The van der Waals surface area contributed by atoms with E-state index in [1.54, 1.807) is 13.0 Å². The third kappa shape index (κ3) is 3.54. The average Bonchev–Trinajstić information content (AvgIpc) is 2.95. The highest BCUT2D eigenvalue weighted by Gasteiger charge is 2.19. The van der Waals surface area contributed by atoms with E-state index in [9.17, 15) is 12.8 Å². The van der Waals surface area contributed by atoms with Crippen molar-refractivity contribution in [2.75, 3.05) is 4.72 Å². The van der Waals surface area contributed by atoms with Crippen molar-refractivity contribution >= 4 is 27.4 Å². The Kier molecular flexibility index (Phi) is 4.68. The summed E-state index contributed by atoms with van der Waals surface area (Å²) in [6.45, 7) is 1.70. The van der Waals surface area contributed by atoms with Crippen molar-refractivity contribution in [3.8, 4) is 11.8 Å². The van der Waals surface area contributed by atoms with E-state index in [0.29, 0.717) is 11.4 Å². The van der Waals surface area contributed by atoms with Crippen molar-refractivity contribution in [1.82, 2.24) is 9.78 Å². The van der Waals surface area contributed by atoms with Gasteiger partial charge in [-0.25, -0.2) is 17.5 Å². The molecule has 0 saturated carbocycles. The average molecular weight is 391 g/mol. The third-order valence-corrected chi connectivity index (χ3v) is 5.19. The Morgan fingerprint density at radius 3 is 2.54 bits per heavy atom. The smallest absolute Gasteiger partial charge is 0.263 e. The Morgan fingerprint density at radius 2 is 1.88 bits per heavy atom. The van der Waals surface area contributed by atoms with Crippen LogP contribution in [0, 0.1) is 24.1 Å². The molecule has 0 fully saturated rings. The summed E-state index contributed by atoms with van der Waals surface area (Å²) < 4.78 is 42.2. The van der Waals surface area contributed by atoms with Crippen LogP contribution in [0.1, 0.15) is 11.3 Å². The van der Waals surface area contributed by atoms with Gasteiger partial charge in [-0.15, -0.1) is 0 Å². The van der Waals surface area contributed by atoms with Crippen LogP contribution >= 0.6 is 11.6 Å². The van der Waals surface area contributed by atoms with E-state index in [4.69, 9.17) is 16.9 Å². The Hall–Kier alpha value is -2.89. The van der Waals surface area contributed by atoms with Gasteiger partial charge < -0.3 is 0 Å². The number of halogens is 2. The first-order valence-corrected chi connectivity index (χ1v) is 9.21. The second kappa shape index (κ2) is 6.78. The molecule has 1 N–H and O–H groups in total. The summed E-state index contributed by atoms with van der Waals surface area (Å²) >= 11 is 5.85. The highest BCUT2D eigenvalue weighted by molar-refractivity contribution is 7.92. The normalized spacial score (nSPS) is 11.2. The zero-order valence-electron chi connectivity index (χ0n) is 13.4. The fourth-order valence-electron chi connectivity index (χ4n) is 2.31. The largest absolute Gasteiger partial charge is 0.263 e. The van der Waals surface area contributed by atoms with Crippen LogP contribution in [0.3, 0.4) is 0 Å². The van der Waals surface area contributed by atoms with Crippen LogP contribution in [-0.2, 0) is 10.0 Å². The molecule has 0 aliphatic rings. The molecular weight excluding hydrogens is 379 g/mol. The van der Waals surface area contributed by atoms with Gasteiger partial charge in [0.25, 0.3) is 10.0 Å². The zero-order valence-corrected chi connectivity index (χ0v) is 15.0. The number of benzene rings is 2. The maximum Gasteiger partial charge on any atom is 0.263 e. The molecule has 3 rings (SSSR count). The van der Waals surface area contributed by atoms with E-state index in [0.717, 1.165) is 0 Å². The topological polar surface area (TPSA) is 87.8 Å². The molecule has 3 aromatic rings. The summed E-state index contributed by atoms with van der Waals surface area (Å²) in [5, 5.41) is 13.4. The molecule has 1 heterocycles. The van der Waals surface area contributed by atoms with Crippen molar-refractivity contribution in [3.05, 3.63) is 70.6 Å². The van der Waals surface area contributed by atoms with Gasteiger partial charge >= 0.3 is 0 Å². The van der Waals surface area contributed by atoms with Crippen molar-refractivity contribution in [2.24, 2.45) is 0 Å². The molecule has 0 unspecified atom stereocenters. The van der Waals surface area contributed by atoms with Crippen LogP contribution in [0.4, 0.5) is 10.2 Å². The summed E-state index contributed by atoms with van der Waals surface area (Å²) in [4.78, 5) is -0.108. The third-order valence-electron chi connectivity index (χ3n) is 3.51. The molecule has 0 atom stereocenters. The minimum absolute atomic E-state index is 0.0535. The fraction of sp³-hybridized carbons (Fsp3) is 0.0588. The van der Waals surface area contributed by atoms with E-state index < -0.39 is 15.8 Å². The molecule has 1 aromatic heterocycles. The molecule has 0 bridgehead atoms. The number of anilines is 1. The van der Waals surface area contributed by atoms with Gasteiger partial charge in [0.2, 0.25) is 0 Å². The van der Waals surface area contributed by atoms with Gasteiger partial charge in [-0.05, 0) is 49.4 Å². The lowest BCUT2D eigenvalue weighted by Crippen LogP contribution is -2.16. The minimum atomic E-state index is -3.98. The van der Waals surface area contributed by atoms with Crippen LogP contribution in [0.25, 0.3) is 5.69 Å². The number of hydrogen-bond acceptors (Lipinski definition) is 4. The monoisotopic (exact) mass is 390 g/mol. The number of aryl methyl sites for hydroxylation is 1. The van der Waals surface area contributed by atoms with Crippen molar-refractivity contribution in [3.63, 3.8) is 0 Å². The fourth-order valence-corrected chi connectivity index (χ4v) is 3.52. The summed E-state index contributed by atoms with van der Waals surface area (Å²) in [5.74, 6) is -0.229. The Balaban J connectivity index is 2.01. The first-order valence-electron chi connectivity index (χ1n) is 7.35. The lowest BCUT2D eigenvalue weighted by atomic mass is 10.2. The van der Waals surface area contributed by atoms with Crippen LogP contribution in [-0.4, -0.2) is 18.2 Å². The Morgan fingerprint density at radius 1 is 1.19 bits per heavy atom. The van der Waals surface area contributed by atoms with Crippen molar-refractivity contribution < 1.29 is 12.8 Å². The molecule has 0 radical (unpaired) electrons. The predicted octanol–water partition coefficient (Wildman–Crippen LogP) is 3.65. The van der Waals surface area contributed by atoms with E-state index in [-0.39, 0.29) is 21.3 Å². The van der Waals surface area contributed by atoms with Gasteiger partial charge in [-0.3, -0.25) is 4.72 Å². The predicted molar refractivity (Wildman–Crippen MR) is 95.2 cm³/mol. The highest BCUT2D eigenvalue weighted by Crippen LogP contribution is 2.24. The first kappa shape index (κ1) is 17.9. The lowest BCUT2D eigenvalue weighted by molar-refractivity contribution is 0.600. The molecule has 9 heteroatoms. The van der Waals surface area contributed by atoms with E-state index in [1.165, 1.54) is 47.1 Å². The van der Waals surface area contributed by atoms with E-state index >= 15 is 0 Å². The van der Waals surface area contributed by atoms with Gasteiger partial charge in [0, 0.05) is 6.07 Å². The minimum Gasteiger partial charge on any atom is -0.263 e. The van der Waals surface area contributed by atoms with Crippen LogP contribution in [0.15, 0.2) is 53.4 Å². The number of sulfonamides is 1. The van der Waals surface area contributed by atoms with Gasteiger partial charge in [0.15, 0.2) is 0 Å². The van der Waals surface area contributed by atoms with Gasteiger partial charge in [-0.2, -0.15) is 10.4 Å². The summed E-state index contributed by atoms with van der Waals surface area (Å²) in [7, 11) is -3.98. The molecule has 26 heavy (non-hydrogen) atoms. The quantitative estimate of drug-likeness (QED) is 0.736. The van der Waals surface area contributed by atoms with E-state index in [2.05, 4.69) is 9.82 Å². The maximum absolute atomic E-state index is 13.1. The summed E-state index contributed by atoms with van der Waals surface area (Å²) in [6.07, 6.45) is 0. The number of nitriles is 1. The highest BCUT2D eigenvalue weighted by atomic mass is 35.5. The van der Waals surface area contributed by atoms with E-state index in [1.807, 2.05) is 6.07 Å². The Bertz CT molecular complexity index is 1120. The summed E-state index contributed by atoms with van der Waals surface area (Å²) in [6, 6.07) is 12.7. The number of nitrogens with one attached hydrogen (secondary N) is 1. The van der Waals surface area contributed by atoms with Crippen molar-refractivity contribution in [1.29, 1.82) is 5.26 Å². The Labute approximate surface area is 154 Å². The van der Waals surface area contributed by atoms with Crippen molar-refractivity contribution in [2.45, 2.75) is 11.8 Å². The zero-order chi connectivity index (χ0) is 18.9. The molecule has 2 aromatic carbocycles. The SMILES string of the molecule is Cc1cc(NS(=O)(=O)c2ccc(Cl)c(C#N)c2)n(-c2ccc(F)cc2)n1. The van der Waals surface area contributed by atoms with Gasteiger partial charge in [0.05, 0.1) is 26.9 Å². The molecule has 0 aliphatic carbocycles. The molecule has 0 aliphatic heterocycles. The summed E-state index contributed by atoms with van der Waals surface area (Å²) in [5.41, 5.74) is 1.12. The second-order valence-corrected chi connectivity index (χ2v) is 7.51. The van der Waals surface area contributed by atoms with Crippen LogP contribution in [0.2, 0.25) is 5.02 Å². The number of aromatic nitrogens is 2. The molecule has 132 valence electrons. The first-order chi connectivity index (χ1) is 12.3. The maximum atomic E-state index is 13.1. The lowest BCUT2D eigenvalue weighted by Gasteiger charge is -2.11. The number of hydrogen-bond donors (Lipinski definition) is 1. The molecular formula is C17H12ClFN4O2S. The molecule has 6 nitrogen and oxygen atoms in total. The van der Waals surface area contributed by atoms with Gasteiger partial charge in [0.1, 0.15) is 17.7 Å². The van der Waals surface area contributed by atoms with Crippen LogP contribution in [0.5, 0.6) is 0 Å². The van der Waals surface area contributed by atoms with Gasteiger partial charge in [-0.1, -0.05) is 11.6 Å². The standard InChI is InChI=1S/C17H12ClFN4O2S/c1-11-8-17(23(21-11)14-4-2-13(19)3-5-14)22-26(24,25)15-6-7-16(18)12(9-15)10-20/h2-9,22H,1H3. The molecule has 0 spiro atoms. The van der Waals surface area contributed by atoms with Crippen LogP contribution < -0.4 is 4.72 Å². The number of rotatable bonds is 4. The molecule has 0 saturated heterocycles. The number of nitrogens with zero attached hydrogens (tertiary/aromatic N) is 3. The second-order valence-electron chi connectivity index (χ2n) is 5.42. The molecule has 0 amide bonds.